The van der Waals surface area contributed by atoms with E-state index in [4.69, 9.17) is 0 Å². The number of aromatic nitrogens is 3. The van der Waals surface area contributed by atoms with Gasteiger partial charge in [-0.1, -0.05) is 36.4 Å². The van der Waals surface area contributed by atoms with Crippen molar-refractivity contribution >= 4 is 39.9 Å². The van der Waals surface area contributed by atoms with E-state index in [1.54, 1.807) is 0 Å². The zero-order chi connectivity index (χ0) is 22.6. The lowest BCUT2D eigenvalue weighted by atomic mass is 10.1. The number of nitrogens with one attached hydrogen (secondary N) is 2. The molecule has 2 aromatic heterocycles. The molecule has 4 aromatic rings. The highest BCUT2D eigenvalue weighted by molar-refractivity contribution is 5.93. The summed E-state index contributed by atoms with van der Waals surface area (Å²) in [6.45, 7) is 4.59. The van der Waals surface area contributed by atoms with E-state index >= 15 is 0 Å². The van der Waals surface area contributed by atoms with Gasteiger partial charge in [0.25, 0.3) is 0 Å². The molecule has 0 radical (unpaired) electrons. The van der Waals surface area contributed by atoms with Crippen LogP contribution in [0.4, 0.5) is 27.9 Å². The highest BCUT2D eigenvalue weighted by Gasteiger charge is 2.22. The van der Waals surface area contributed by atoms with Gasteiger partial charge in [0.2, 0.25) is 0 Å². The van der Waals surface area contributed by atoms with Crippen LogP contribution in [0.15, 0.2) is 72.8 Å². The van der Waals surface area contributed by atoms with Gasteiger partial charge in [-0.25, -0.2) is 9.78 Å². The van der Waals surface area contributed by atoms with Crippen LogP contribution in [-0.2, 0) is 0 Å². The number of nitrogens with zero attached hydrogens (tertiary/aromatic N) is 5. The van der Waals surface area contributed by atoms with Crippen molar-refractivity contribution in [2.45, 2.75) is 6.92 Å². The molecule has 8 heteroatoms. The van der Waals surface area contributed by atoms with Crippen molar-refractivity contribution < 1.29 is 4.79 Å². The first-order valence-electron chi connectivity index (χ1n) is 11.0. The molecule has 1 fully saturated rings. The van der Waals surface area contributed by atoms with Gasteiger partial charge in [-0.2, -0.15) is 0 Å². The van der Waals surface area contributed by atoms with Gasteiger partial charge in [0, 0.05) is 37.6 Å². The lowest BCUT2D eigenvalue weighted by molar-refractivity contribution is 0.208. The summed E-state index contributed by atoms with van der Waals surface area (Å²) >= 11 is 0. The fourth-order valence-corrected chi connectivity index (χ4v) is 3.91. The smallest absolute Gasteiger partial charge is 0.321 e. The SMILES string of the molecule is Cc1cccc(Nc2ccc(N3CCN(C(=O)Nc4ccc5ccccc5c4)CC3)nn2)n1. The molecule has 1 saturated heterocycles. The summed E-state index contributed by atoms with van der Waals surface area (Å²) in [6.07, 6.45) is 0. The molecule has 0 atom stereocenters. The molecule has 5 rings (SSSR count). The Morgan fingerprint density at radius 2 is 1.64 bits per heavy atom. The van der Waals surface area contributed by atoms with Gasteiger partial charge in [-0.15, -0.1) is 10.2 Å². The number of piperazine rings is 1. The molecule has 0 bridgehead atoms. The van der Waals surface area contributed by atoms with Crippen LogP contribution in [0.1, 0.15) is 5.69 Å². The van der Waals surface area contributed by atoms with Gasteiger partial charge in [-0.05, 0) is 54.1 Å². The molecule has 8 nitrogen and oxygen atoms in total. The number of hydrogen-bond donors (Lipinski definition) is 2. The van der Waals surface area contributed by atoms with Crippen molar-refractivity contribution in [1.29, 1.82) is 0 Å². The highest BCUT2D eigenvalue weighted by atomic mass is 16.2. The standard InChI is InChI=1S/C25H25N7O/c1-18-5-4-8-22(26-18)28-23-11-12-24(30-29-23)31-13-15-32(16-14-31)25(33)27-21-10-9-19-6-2-3-7-20(19)17-21/h2-12,17H,13-16H2,1H3,(H,27,33)(H,26,28,29). The number of fused-ring (bicyclic) bond motifs is 1. The average Bonchev–Trinajstić information content (AvgIpc) is 2.85. The number of carbonyl (C=O) groups is 1. The molecule has 2 N–H and O–H groups in total. The zero-order valence-electron chi connectivity index (χ0n) is 18.4. The van der Waals surface area contributed by atoms with E-state index in [1.165, 1.54) is 0 Å². The van der Waals surface area contributed by atoms with Crippen LogP contribution < -0.4 is 15.5 Å². The second-order valence-corrected chi connectivity index (χ2v) is 8.03. The number of rotatable bonds is 4. The van der Waals surface area contributed by atoms with Crippen LogP contribution >= 0.6 is 0 Å². The Hall–Kier alpha value is -4.20. The number of benzene rings is 2. The van der Waals surface area contributed by atoms with Crippen molar-refractivity contribution in [3.05, 3.63) is 78.5 Å². The van der Waals surface area contributed by atoms with Crippen LogP contribution in [-0.4, -0.2) is 52.3 Å². The lowest BCUT2D eigenvalue weighted by Crippen LogP contribution is -2.50. The van der Waals surface area contributed by atoms with Crippen molar-refractivity contribution in [2.24, 2.45) is 0 Å². The number of aryl methyl sites for hydroxylation is 1. The molecule has 1 aliphatic heterocycles. The van der Waals surface area contributed by atoms with Crippen LogP contribution in [0.5, 0.6) is 0 Å². The lowest BCUT2D eigenvalue weighted by Gasteiger charge is -2.35. The number of pyridine rings is 1. The van der Waals surface area contributed by atoms with Crippen molar-refractivity contribution in [3.8, 4) is 0 Å². The van der Waals surface area contributed by atoms with Gasteiger partial charge >= 0.3 is 6.03 Å². The van der Waals surface area contributed by atoms with E-state index in [2.05, 4.69) is 36.8 Å². The quantitative estimate of drug-likeness (QED) is 0.489. The Labute approximate surface area is 192 Å². The maximum Gasteiger partial charge on any atom is 0.321 e. The average molecular weight is 440 g/mol. The minimum atomic E-state index is -0.0822. The summed E-state index contributed by atoms with van der Waals surface area (Å²) in [4.78, 5) is 21.1. The molecule has 0 aliphatic carbocycles. The molecule has 3 heterocycles. The van der Waals surface area contributed by atoms with Crippen molar-refractivity contribution in [3.63, 3.8) is 0 Å². The normalized spacial score (nSPS) is 13.7. The summed E-state index contributed by atoms with van der Waals surface area (Å²) in [6, 6.07) is 23.6. The summed E-state index contributed by atoms with van der Waals surface area (Å²) in [7, 11) is 0. The summed E-state index contributed by atoms with van der Waals surface area (Å²) in [5.41, 5.74) is 1.74. The molecule has 166 valence electrons. The van der Waals surface area contributed by atoms with Crippen LogP contribution in [0.2, 0.25) is 0 Å². The second kappa shape index (κ2) is 9.12. The van der Waals surface area contributed by atoms with E-state index in [-0.39, 0.29) is 6.03 Å². The first-order chi connectivity index (χ1) is 16.1. The van der Waals surface area contributed by atoms with Gasteiger partial charge in [0.1, 0.15) is 5.82 Å². The molecule has 2 aromatic carbocycles. The summed E-state index contributed by atoms with van der Waals surface area (Å²) in [5.74, 6) is 2.18. The predicted octanol–water partition coefficient (Wildman–Crippen LogP) is 4.43. The number of anilines is 4. The van der Waals surface area contributed by atoms with Crippen LogP contribution in [0.3, 0.4) is 0 Å². The van der Waals surface area contributed by atoms with Crippen molar-refractivity contribution in [1.82, 2.24) is 20.1 Å². The second-order valence-electron chi connectivity index (χ2n) is 8.03. The molecule has 0 spiro atoms. The Kier molecular flexibility index (Phi) is 5.72. The molecular formula is C25H25N7O. The van der Waals surface area contributed by atoms with Gasteiger partial charge in [-0.3, -0.25) is 0 Å². The van der Waals surface area contributed by atoms with Gasteiger partial charge in [0.05, 0.1) is 0 Å². The Bertz CT molecular complexity index is 1270. The fraction of sp³-hybridized carbons (Fsp3) is 0.200. The van der Waals surface area contributed by atoms with Crippen LogP contribution in [0.25, 0.3) is 10.8 Å². The Morgan fingerprint density at radius 3 is 2.39 bits per heavy atom. The maximum atomic E-state index is 12.7. The fourth-order valence-electron chi connectivity index (χ4n) is 3.91. The third-order valence-electron chi connectivity index (χ3n) is 5.69. The van der Waals surface area contributed by atoms with Crippen molar-refractivity contribution in [2.75, 3.05) is 41.7 Å². The maximum absolute atomic E-state index is 12.7. The molecule has 0 unspecified atom stereocenters. The number of hydrogen-bond acceptors (Lipinski definition) is 6. The van der Waals surface area contributed by atoms with E-state index in [0.29, 0.717) is 32.0 Å². The first-order valence-corrected chi connectivity index (χ1v) is 11.0. The number of carbonyl (C=O) groups excluding carboxylic acids is 1. The minimum Gasteiger partial charge on any atom is -0.352 e. The Morgan fingerprint density at radius 1 is 0.818 bits per heavy atom. The molecule has 0 saturated carbocycles. The molecule has 2 amide bonds. The third-order valence-corrected chi connectivity index (χ3v) is 5.69. The van der Waals surface area contributed by atoms with E-state index in [0.717, 1.165) is 33.8 Å². The largest absolute Gasteiger partial charge is 0.352 e. The number of urea groups is 1. The van der Waals surface area contributed by atoms with E-state index in [9.17, 15) is 4.79 Å². The Balaban J connectivity index is 1.16. The molecule has 33 heavy (non-hydrogen) atoms. The monoisotopic (exact) mass is 439 g/mol. The topological polar surface area (TPSA) is 86.3 Å². The zero-order valence-corrected chi connectivity index (χ0v) is 18.4. The predicted molar refractivity (Wildman–Crippen MR) is 131 cm³/mol. The first kappa shape index (κ1) is 20.7. The molecular weight excluding hydrogens is 414 g/mol. The highest BCUT2D eigenvalue weighted by Crippen LogP contribution is 2.20. The van der Waals surface area contributed by atoms with E-state index < -0.39 is 0 Å². The summed E-state index contributed by atoms with van der Waals surface area (Å²) in [5, 5.41) is 17.1. The number of amides is 2. The summed E-state index contributed by atoms with van der Waals surface area (Å²) < 4.78 is 0. The van der Waals surface area contributed by atoms with Gasteiger partial charge in [0.15, 0.2) is 11.6 Å². The molecule has 1 aliphatic rings. The minimum absolute atomic E-state index is 0.0822. The third kappa shape index (κ3) is 4.85. The van der Waals surface area contributed by atoms with Crippen LogP contribution in [0, 0.1) is 6.92 Å². The van der Waals surface area contributed by atoms with Gasteiger partial charge < -0.3 is 20.4 Å². The van der Waals surface area contributed by atoms with E-state index in [1.807, 2.05) is 78.6 Å².